The van der Waals surface area contributed by atoms with Crippen molar-refractivity contribution in [2.24, 2.45) is 5.92 Å². The molecule has 0 amide bonds. The highest BCUT2D eigenvalue weighted by atomic mass is 35.5. The lowest BCUT2D eigenvalue weighted by Crippen LogP contribution is -2.17. The summed E-state index contributed by atoms with van der Waals surface area (Å²) < 4.78 is 5.51. The van der Waals surface area contributed by atoms with Crippen LogP contribution in [0, 0.1) is 5.92 Å². The van der Waals surface area contributed by atoms with E-state index in [1.54, 1.807) is 18.2 Å². The van der Waals surface area contributed by atoms with Crippen LogP contribution < -0.4 is 0 Å². The van der Waals surface area contributed by atoms with Gasteiger partial charge in [0.15, 0.2) is 5.78 Å². The Kier molecular flexibility index (Phi) is 6.13. The van der Waals surface area contributed by atoms with Crippen molar-refractivity contribution in [3.63, 3.8) is 0 Å². The van der Waals surface area contributed by atoms with E-state index in [1.807, 2.05) is 6.92 Å². The molecule has 4 heteroatoms. The van der Waals surface area contributed by atoms with E-state index >= 15 is 0 Å². The molecule has 2 nitrogen and oxygen atoms in total. The van der Waals surface area contributed by atoms with Crippen molar-refractivity contribution in [2.75, 3.05) is 6.61 Å². The molecule has 0 aliphatic rings. The topological polar surface area (TPSA) is 26.3 Å². The number of halogens is 2. The number of carbonyl (C=O) groups is 1. The van der Waals surface area contributed by atoms with Gasteiger partial charge in [-0.25, -0.2) is 0 Å². The second kappa shape index (κ2) is 7.13. The summed E-state index contributed by atoms with van der Waals surface area (Å²) >= 11 is 11.7. The van der Waals surface area contributed by atoms with Gasteiger partial charge in [-0.2, -0.15) is 0 Å². The van der Waals surface area contributed by atoms with Gasteiger partial charge in [-0.05, 0) is 37.5 Å². The number of benzene rings is 1. The first-order chi connectivity index (χ1) is 8.40. The first-order valence-electron chi connectivity index (χ1n) is 6.00. The van der Waals surface area contributed by atoms with Crippen LogP contribution in [0.15, 0.2) is 18.2 Å². The Hall–Kier alpha value is -0.570. The van der Waals surface area contributed by atoms with Crippen LogP contribution in [-0.4, -0.2) is 18.5 Å². The van der Waals surface area contributed by atoms with Gasteiger partial charge in [0.1, 0.15) is 6.61 Å². The lowest BCUT2D eigenvalue weighted by atomic mass is 10.1. The number of hydrogen-bond acceptors (Lipinski definition) is 2. The summed E-state index contributed by atoms with van der Waals surface area (Å²) in [6, 6.07) is 4.85. The molecule has 0 bridgehead atoms. The monoisotopic (exact) mass is 288 g/mol. The van der Waals surface area contributed by atoms with Gasteiger partial charge in [-0.3, -0.25) is 4.79 Å². The highest BCUT2D eigenvalue weighted by molar-refractivity contribution is 6.42. The van der Waals surface area contributed by atoms with Crippen molar-refractivity contribution < 1.29 is 9.53 Å². The average molecular weight is 289 g/mol. The molecule has 1 aromatic carbocycles. The zero-order valence-electron chi connectivity index (χ0n) is 10.9. The zero-order chi connectivity index (χ0) is 13.7. The van der Waals surface area contributed by atoms with Crippen LogP contribution in [0.25, 0.3) is 0 Å². The van der Waals surface area contributed by atoms with E-state index in [0.29, 0.717) is 21.5 Å². The normalized spacial score (nSPS) is 12.8. The van der Waals surface area contributed by atoms with Crippen LogP contribution in [0.2, 0.25) is 10.0 Å². The number of carbonyl (C=O) groups excluding carboxylic acids is 1. The maximum atomic E-state index is 11.9. The van der Waals surface area contributed by atoms with E-state index in [9.17, 15) is 4.79 Å². The third-order valence-electron chi connectivity index (χ3n) is 2.54. The fourth-order valence-electron chi connectivity index (χ4n) is 1.70. The zero-order valence-corrected chi connectivity index (χ0v) is 12.4. The Labute approximate surface area is 118 Å². The third-order valence-corrected chi connectivity index (χ3v) is 3.28. The fraction of sp³-hybridized carbons (Fsp3) is 0.500. The second-order valence-electron chi connectivity index (χ2n) is 4.80. The Morgan fingerprint density at radius 1 is 1.22 bits per heavy atom. The first-order valence-corrected chi connectivity index (χ1v) is 6.75. The number of hydrogen-bond donors (Lipinski definition) is 0. The molecule has 0 aromatic heterocycles. The van der Waals surface area contributed by atoms with Gasteiger partial charge in [0.05, 0.1) is 16.1 Å². The molecule has 0 saturated heterocycles. The van der Waals surface area contributed by atoms with E-state index in [-0.39, 0.29) is 18.5 Å². The molecule has 0 N–H and O–H groups in total. The van der Waals surface area contributed by atoms with Crippen molar-refractivity contribution in [1.82, 2.24) is 0 Å². The number of ketones is 1. The van der Waals surface area contributed by atoms with E-state index in [2.05, 4.69) is 13.8 Å². The van der Waals surface area contributed by atoms with Gasteiger partial charge < -0.3 is 4.74 Å². The summed E-state index contributed by atoms with van der Waals surface area (Å²) in [5, 5.41) is 0.833. The quantitative estimate of drug-likeness (QED) is 0.714. The molecule has 0 heterocycles. The summed E-state index contributed by atoms with van der Waals surface area (Å²) in [5.41, 5.74) is 0.529. The third kappa shape index (κ3) is 4.97. The van der Waals surface area contributed by atoms with Crippen molar-refractivity contribution in [3.8, 4) is 0 Å². The van der Waals surface area contributed by atoms with Gasteiger partial charge >= 0.3 is 0 Å². The van der Waals surface area contributed by atoms with E-state index < -0.39 is 0 Å². The highest BCUT2D eigenvalue weighted by Gasteiger charge is 2.11. The summed E-state index contributed by atoms with van der Waals surface area (Å²) in [7, 11) is 0. The Bertz CT molecular complexity index is 416. The van der Waals surface area contributed by atoms with Crippen LogP contribution in [0.5, 0.6) is 0 Å². The average Bonchev–Trinajstić information content (AvgIpc) is 2.28. The number of ether oxygens (including phenoxy) is 1. The summed E-state index contributed by atoms with van der Waals surface area (Å²) in [6.07, 6.45) is 1.02. The summed E-state index contributed by atoms with van der Waals surface area (Å²) in [5.74, 6) is 0.476. The molecule has 0 aliphatic carbocycles. The van der Waals surface area contributed by atoms with E-state index in [4.69, 9.17) is 27.9 Å². The molecular weight excluding hydrogens is 271 g/mol. The highest BCUT2D eigenvalue weighted by Crippen LogP contribution is 2.22. The van der Waals surface area contributed by atoms with Crippen LogP contribution >= 0.6 is 23.2 Å². The van der Waals surface area contributed by atoms with Crippen LogP contribution in [0.4, 0.5) is 0 Å². The molecule has 1 rings (SSSR count). The predicted molar refractivity (Wildman–Crippen MR) is 75.7 cm³/mol. The largest absolute Gasteiger partial charge is 0.370 e. The molecule has 0 aliphatic heterocycles. The van der Waals surface area contributed by atoms with Crippen LogP contribution in [0.1, 0.15) is 37.6 Å². The minimum atomic E-state index is -0.0795. The molecule has 18 heavy (non-hydrogen) atoms. The smallest absolute Gasteiger partial charge is 0.188 e. The molecule has 0 spiro atoms. The van der Waals surface area contributed by atoms with Crippen molar-refractivity contribution in [1.29, 1.82) is 0 Å². The molecule has 0 radical (unpaired) electrons. The standard InChI is InChI=1S/C14H18Cl2O2/c1-9(2)6-10(3)18-8-14(17)11-4-5-12(15)13(16)7-11/h4-5,7,9-10H,6,8H2,1-3H3. The maximum Gasteiger partial charge on any atom is 0.188 e. The predicted octanol–water partition coefficient (Wildman–Crippen LogP) is 4.63. The number of rotatable bonds is 6. The minimum Gasteiger partial charge on any atom is -0.370 e. The van der Waals surface area contributed by atoms with Gasteiger partial charge in [0.2, 0.25) is 0 Å². The Morgan fingerprint density at radius 3 is 2.44 bits per heavy atom. The summed E-state index contributed by atoms with van der Waals surface area (Å²) in [4.78, 5) is 11.9. The lowest BCUT2D eigenvalue weighted by molar-refractivity contribution is 0.0445. The second-order valence-corrected chi connectivity index (χ2v) is 5.62. The maximum absolute atomic E-state index is 11.9. The van der Waals surface area contributed by atoms with Gasteiger partial charge in [0.25, 0.3) is 0 Å². The van der Waals surface area contributed by atoms with E-state index in [1.165, 1.54) is 0 Å². The lowest BCUT2D eigenvalue weighted by Gasteiger charge is -2.14. The van der Waals surface area contributed by atoms with Crippen LogP contribution in [-0.2, 0) is 4.74 Å². The molecule has 0 fully saturated rings. The van der Waals surface area contributed by atoms with Crippen molar-refractivity contribution >= 4 is 29.0 Å². The first kappa shape index (κ1) is 15.5. The molecule has 1 unspecified atom stereocenters. The Balaban J connectivity index is 2.52. The van der Waals surface area contributed by atoms with Crippen molar-refractivity contribution in [2.45, 2.75) is 33.3 Å². The molecule has 1 aromatic rings. The fourth-order valence-corrected chi connectivity index (χ4v) is 2.00. The van der Waals surface area contributed by atoms with Gasteiger partial charge in [-0.15, -0.1) is 0 Å². The van der Waals surface area contributed by atoms with E-state index in [0.717, 1.165) is 6.42 Å². The van der Waals surface area contributed by atoms with Crippen molar-refractivity contribution in [3.05, 3.63) is 33.8 Å². The van der Waals surface area contributed by atoms with Gasteiger partial charge in [0, 0.05) is 5.56 Å². The Morgan fingerprint density at radius 2 is 1.89 bits per heavy atom. The SMILES string of the molecule is CC(C)CC(C)OCC(=O)c1ccc(Cl)c(Cl)c1. The summed E-state index contributed by atoms with van der Waals surface area (Å²) in [6.45, 7) is 6.30. The number of Topliss-reactive ketones (excluding diaryl/α,β-unsaturated/α-hetero) is 1. The molecule has 0 saturated carbocycles. The van der Waals surface area contributed by atoms with Crippen LogP contribution in [0.3, 0.4) is 0 Å². The molecule has 1 atom stereocenters. The van der Waals surface area contributed by atoms with Gasteiger partial charge in [-0.1, -0.05) is 37.0 Å². The molecule has 100 valence electrons. The molecular formula is C14H18Cl2O2. The minimum absolute atomic E-state index is 0.0752.